The highest BCUT2D eigenvalue weighted by atomic mass is 16.5. The molecule has 1 heterocycles. The predicted molar refractivity (Wildman–Crippen MR) is 59.8 cm³/mol. The summed E-state index contributed by atoms with van der Waals surface area (Å²) in [5.41, 5.74) is 0.461. The maximum Gasteiger partial charge on any atom is 0.213 e. The summed E-state index contributed by atoms with van der Waals surface area (Å²) in [4.78, 5) is 12.2. The van der Waals surface area contributed by atoms with Crippen molar-refractivity contribution in [2.24, 2.45) is 7.05 Å². The van der Waals surface area contributed by atoms with Crippen LogP contribution in [-0.2, 0) is 11.8 Å². The van der Waals surface area contributed by atoms with Gasteiger partial charge in [-0.2, -0.15) is 5.10 Å². The largest absolute Gasteiger partial charge is 0.493 e. The topological polar surface area (TPSA) is 53.4 Å². The quantitative estimate of drug-likeness (QED) is 0.688. The van der Waals surface area contributed by atoms with Gasteiger partial charge in [-0.3, -0.25) is 9.48 Å². The van der Waals surface area contributed by atoms with Crippen molar-refractivity contribution in [2.75, 3.05) is 13.7 Å². The van der Waals surface area contributed by atoms with Crippen molar-refractivity contribution in [3.05, 3.63) is 11.9 Å². The number of rotatable bonds is 6. The molecule has 0 saturated heterocycles. The van der Waals surface area contributed by atoms with Gasteiger partial charge in [-0.1, -0.05) is 6.92 Å². The van der Waals surface area contributed by atoms with Crippen LogP contribution in [0.3, 0.4) is 0 Å². The molecular formula is C11H18N2O3. The van der Waals surface area contributed by atoms with E-state index in [0.717, 1.165) is 0 Å². The summed E-state index contributed by atoms with van der Waals surface area (Å²) in [6.45, 7) is 4.31. The zero-order valence-corrected chi connectivity index (χ0v) is 10.2. The van der Waals surface area contributed by atoms with Gasteiger partial charge in [-0.05, 0) is 13.3 Å². The highest BCUT2D eigenvalue weighted by molar-refractivity contribution is 6.00. The minimum absolute atomic E-state index is 0.0822. The van der Waals surface area contributed by atoms with Crippen molar-refractivity contribution >= 4 is 5.78 Å². The molecule has 1 aromatic heterocycles. The van der Waals surface area contributed by atoms with Crippen LogP contribution in [0.2, 0.25) is 0 Å². The number of hydrogen-bond donors (Lipinski definition) is 0. The van der Waals surface area contributed by atoms with E-state index < -0.39 is 6.10 Å². The van der Waals surface area contributed by atoms with Crippen LogP contribution in [0.5, 0.6) is 5.75 Å². The third kappa shape index (κ3) is 2.41. The number of carbonyl (C=O) groups excluding carboxylic acids is 1. The molecule has 0 fully saturated rings. The van der Waals surface area contributed by atoms with Crippen LogP contribution in [0, 0.1) is 0 Å². The van der Waals surface area contributed by atoms with Crippen LogP contribution < -0.4 is 4.74 Å². The normalized spacial score (nSPS) is 12.5. The Morgan fingerprint density at radius 1 is 1.56 bits per heavy atom. The Labute approximate surface area is 95.3 Å². The summed E-state index contributed by atoms with van der Waals surface area (Å²) in [6.07, 6.45) is 1.75. The average Bonchev–Trinajstić information content (AvgIpc) is 2.66. The molecule has 0 bridgehead atoms. The second-order valence-electron chi connectivity index (χ2n) is 3.40. The van der Waals surface area contributed by atoms with Crippen molar-refractivity contribution in [3.8, 4) is 5.75 Å². The lowest BCUT2D eigenvalue weighted by atomic mass is 10.1. The molecule has 0 aromatic carbocycles. The van der Waals surface area contributed by atoms with Crippen LogP contribution >= 0.6 is 0 Å². The summed E-state index contributed by atoms with van der Waals surface area (Å²) in [7, 11) is 3.24. The minimum Gasteiger partial charge on any atom is -0.493 e. The molecule has 5 heteroatoms. The van der Waals surface area contributed by atoms with Crippen molar-refractivity contribution < 1.29 is 14.3 Å². The smallest absolute Gasteiger partial charge is 0.213 e. The molecule has 5 nitrogen and oxygen atoms in total. The van der Waals surface area contributed by atoms with E-state index in [1.807, 2.05) is 13.8 Å². The van der Waals surface area contributed by atoms with Gasteiger partial charge in [0, 0.05) is 13.7 Å². The Balaban J connectivity index is 2.97. The van der Waals surface area contributed by atoms with Crippen molar-refractivity contribution in [1.82, 2.24) is 9.78 Å². The Morgan fingerprint density at radius 2 is 2.25 bits per heavy atom. The molecule has 16 heavy (non-hydrogen) atoms. The average molecular weight is 226 g/mol. The number of ether oxygens (including phenoxy) is 2. The second-order valence-corrected chi connectivity index (χ2v) is 3.40. The van der Waals surface area contributed by atoms with Crippen molar-refractivity contribution in [1.29, 1.82) is 0 Å². The van der Waals surface area contributed by atoms with Gasteiger partial charge in [0.05, 0.1) is 13.3 Å². The molecule has 0 radical (unpaired) electrons. The molecule has 1 unspecified atom stereocenters. The van der Waals surface area contributed by atoms with Crippen LogP contribution in [0.15, 0.2) is 6.20 Å². The highest BCUT2D eigenvalue weighted by Gasteiger charge is 2.25. The Kier molecular flexibility index (Phi) is 4.49. The fourth-order valence-corrected chi connectivity index (χ4v) is 1.58. The molecule has 0 amide bonds. The molecule has 1 rings (SSSR count). The number of hydrogen-bond acceptors (Lipinski definition) is 4. The molecule has 1 aromatic rings. The number of aryl methyl sites for hydroxylation is 1. The molecule has 1 atom stereocenters. The van der Waals surface area contributed by atoms with E-state index >= 15 is 0 Å². The van der Waals surface area contributed by atoms with E-state index in [4.69, 9.17) is 9.47 Å². The van der Waals surface area contributed by atoms with E-state index in [1.165, 1.54) is 18.0 Å². The summed E-state index contributed by atoms with van der Waals surface area (Å²) in [6, 6.07) is 0. The molecule has 0 aliphatic carbocycles. The van der Waals surface area contributed by atoms with E-state index in [9.17, 15) is 4.79 Å². The van der Waals surface area contributed by atoms with Crippen LogP contribution in [0.1, 0.15) is 30.8 Å². The lowest BCUT2D eigenvalue weighted by molar-refractivity contribution is 0.0432. The van der Waals surface area contributed by atoms with E-state index in [0.29, 0.717) is 24.5 Å². The number of nitrogens with zero attached hydrogens (tertiary/aromatic N) is 2. The van der Waals surface area contributed by atoms with Crippen LogP contribution in [-0.4, -0.2) is 35.4 Å². The van der Waals surface area contributed by atoms with Crippen molar-refractivity contribution in [2.45, 2.75) is 26.4 Å². The molecule has 0 aliphatic rings. The summed E-state index contributed by atoms with van der Waals surface area (Å²) < 4.78 is 12.0. The number of methoxy groups -OCH3 is 1. The van der Waals surface area contributed by atoms with Crippen molar-refractivity contribution in [3.63, 3.8) is 0 Å². The Bertz CT molecular complexity index is 360. The second kappa shape index (κ2) is 5.65. The lowest BCUT2D eigenvalue weighted by Gasteiger charge is -2.14. The summed E-state index contributed by atoms with van der Waals surface area (Å²) in [5.74, 6) is 0.409. The first-order valence-electron chi connectivity index (χ1n) is 5.37. The monoisotopic (exact) mass is 226 g/mol. The first-order valence-corrected chi connectivity index (χ1v) is 5.37. The lowest BCUT2D eigenvalue weighted by Crippen LogP contribution is -2.26. The third-order valence-electron chi connectivity index (χ3n) is 2.39. The number of carbonyl (C=O) groups is 1. The Morgan fingerprint density at radius 3 is 2.75 bits per heavy atom. The van der Waals surface area contributed by atoms with E-state index in [1.54, 1.807) is 7.05 Å². The van der Waals surface area contributed by atoms with E-state index in [2.05, 4.69) is 5.10 Å². The molecule has 0 spiro atoms. The SMILES string of the molecule is CCOC(CC)C(=O)c1c(OC)cnn1C. The van der Waals surface area contributed by atoms with Gasteiger partial charge in [0.2, 0.25) is 5.78 Å². The maximum atomic E-state index is 12.2. The maximum absolute atomic E-state index is 12.2. The third-order valence-corrected chi connectivity index (χ3v) is 2.39. The number of ketones is 1. The van der Waals surface area contributed by atoms with Gasteiger partial charge >= 0.3 is 0 Å². The van der Waals surface area contributed by atoms with E-state index in [-0.39, 0.29) is 5.78 Å². The first-order chi connectivity index (χ1) is 7.65. The molecule has 0 saturated carbocycles. The van der Waals surface area contributed by atoms with Crippen LogP contribution in [0.4, 0.5) is 0 Å². The van der Waals surface area contributed by atoms with Gasteiger partial charge < -0.3 is 9.47 Å². The number of aromatic nitrogens is 2. The van der Waals surface area contributed by atoms with Crippen LogP contribution in [0.25, 0.3) is 0 Å². The van der Waals surface area contributed by atoms with Gasteiger partial charge in [-0.25, -0.2) is 0 Å². The highest BCUT2D eigenvalue weighted by Crippen LogP contribution is 2.20. The first kappa shape index (κ1) is 12.7. The standard InChI is InChI=1S/C11H18N2O3/c1-5-8(16-6-2)11(14)10-9(15-4)7-12-13(10)3/h7-8H,5-6H2,1-4H3. The fourth-order valence-electron chi connectivity index (χ4n) is 1.58. The van der Waals surface area contributed by atoms with Gasteiger partial charge in [0.15, 0.2) is 5.75 Å². The van der Waals surface area contributed by atoms with Gasteiger partial charge in [-0.15, -0.1) is 0 Å². The summed E-state index contributed by atoms with van der Waals surface area (Å²) in [5, 5.41) is 4.00. The van der Waals surface area contributed by atoms with Gasteiger partial charge in [0.1, 0.15) is 11.8 Å². The fraction of sp³-hybridized carbons (Fsp3) is 0.636. The molecule has 90 valence electrons. The zero-order chi connectivity index (χ0) is 12.1. The Hall–Kier alpha value is -1.36. The predicted octanol–water partition coefficient (Wildman–Crippen LogP) is 1.43. The summed E-state index contributed by atoms with van der Waals surface area (Å²) >= 11 is 0. The zero-order valence-electron chi connectivity index (χ0n) is 10.2. The molecule has 0 N–H and O–H groups in total. The van der Waals surface area contributed by atoms with Gasteiger partial charge in [0.25, 0.3) is 0 Å². The minimum atomic E-state index is -0.422. The number of Topliss-reactive ketones (excluding diaryl/α,β-unsaturated/α-hetero) is 1. The molecule has 0 aliphatic heterocycles. The molecular weight excluding hydrogens is 208 g/mol.